The monoisotopic (exact) mass is 272 g/mol. The molecule has 0 radical (unpaired) electrons. The number of carbonyl (C=O) groups is 2. The number of carbonyl (C=O) groups excluding carboxylic acids is 2. The number of amides is 1. The summed E-state index contributed by atoms with van der Waals surface area (Å²) in [5.74, 6) is -0.333. The predicted octanol–water partition coefficient (Wildman–Crippen LogP) is 1.61. The van der Waals surface area contributed by atoms with Crippen LogP contribution in [0.5, 0.6) is 0 Å². The first-order chi connectivity index (χ1) is 8.41. The number of ether oxygens (including phenoxy) is 1. The zero-order valence-corrected chi connectivity index (χ0v) is 13.2. The molecule has 0 aliphatic heterocycles. The molecule has 19 heavy (non-hydrogen) atoms. The lowest BCUT2D eigenvalue weighted by Gasteiger charge is -2.24. The molecule has 5 nitrogen and oxygen atoms in total. The van der Waals surface area contributed by atoms with Crippen LogP contribution in [-0.4, -0.2) is 35.6 Å². The lowest BCUT2D eigenvalue weighted by molar-refractivity contribution is -0.154. The average molecular weight is 272 g/mol. The van der Waals surface area contributed by atoms with Crippen LogP contribution >= 0.6 is 0 Å². The van der Waals surface area contributed by atoms with E-state index in [1.807, 2.05) is 41.5 Å². The second kappa shape index (κ2) is 6.89. The number of nitrogens with one attached hydrogen (secondary N) is 2. The molecular formula is C14H28N2O3. The molecule has 0 aromatic heterocycles. The maximum absolute atomic E-state index is 11.8. The molecule has 0 rings (SSSR count). The van der Waals surface area contributed by atoms with Gasteiger partial charge in [0.2, 0.25) is 5.91 Å². The summed E-state index contributed by atoms with van der Waals surface area (Å²) in [6.45, 7) is 13.5. The normalized spacial score (nSPS) is 13.8. The molecule has 0 spiro atoms. The minimum Gasteiger partial charge on any atom is -0.460 e. The molecule has 0 aromatic rings. The highest BCUT2D eigenvalue weighted by Gasteiger charge is 2.20. The third kappa shape index (κ3) is 10.5. The second-order valence-corrected chi connectivity index (χ2v) is 6.75. The summed E-state index contributed by atoms with van der Waals surface area (Å²) >= 11 is 0. The van der Waals surface area contributed by atoms with Crippen molar-refractivity contribution in [1.29, 1.82) is 0 Å². The third-order valence-electron chi connectivity index (χ3n) is 2.09. The third-order valence-corrected chi connectivity index (χ3v) is 2.09. The van der Waals surface area contributed by atoms with Crippen LogP contribution < -0.4 is 10.6 Å². The highest BCUT2D eigenvalue weighted by atomic mass is 16.6. The van der Waals surface area contributed by atoms with E-state index in [1.54, 1.807) is 6.92 Å². The van der Waals surface area contributed by atoms with Crippen LogP contribution in [0.2, 0.25) is 0 Å². The summed E-state index contributed by atoms with van der Waals surface area (Å²) in [5.41, 5.74) is -0.718. The fraction of sp³-hybridized carbons (Fsp3) is 0.857. The number of hydrogen-bond donors (Lipinski definition) is 2. The number of rotatable bonds is 5. The highest BCUT2D eigenvalue weighted by Crippen LogP contribution is 2.07. The Kier molecular flexibility index (Phi) is 6.49. The minimum atomic E-state index is -0.466. The van der Waals surface area contributed by atoms with Gasteiger partial charge in [-0.25, -0.2) is 0 Å². The minimum absolute atomic E-state index is 0.0725. The summed E-state index contributed by atoms with van der Waals surface area (Å²) in [6, 6.07) is -0.332. The van der Waals surface area contributed by atoms with Crippen LogP contribution in [-0.2, 0) is 14.3 Å². The van der Waals surface area contributed by atoms with E-state index in [2.05, 4.69) is 10.6 Å². The molecule has 2 N–H and O–H groups in total. The number of esters is 1. The van der Waals surface area contributed by atoms with Crippen LogP contribution in [0, 0.1) is 0 Å². The van der Waals surface area contributed by atoms with Crippen molar-refractivity contribution in [3.63, 3.8) is 0 Å². The molecule has 112 valence electrons. The van der Waals surface area contributed by atoms with E-state index in [4.69, 9.17) is 4.74 Å². The predicted molar refractivity (Wildman–Crippen MR) is 75.8 cm³/mol. The van der Waals surface area contributed by atoms with Gasteiger partial charge >= 0.3 is 5.97 Å². The van der Waals surface area contributed by atoms with Crippen LogP contribution in [0.25, 0.3) is 0 Å². The van der Waals surface area contributed by atoms with Gasteiger partial charge in [-0.2, -0.15) is 0 Å². The fourth-order valence-electron chi connectivity index (χ4n) is 1.35. The van der Waals surface area contributed by atoms with E-state index >= 15 is 0 Å². The Morgan fingerprint density at radius 3 is 2.05 bits per heavy atom. The Morgan fingerprint density at radius 1 is 1.11 bits per heavy atom. The second-order valence-electron chi connectivity index (χ2n) is 6.75. The fourth-order valence-corrected chi connectivity index (χ4v) is 1.35. The summed E-state index contributed by atoms with van der Waals surface area (Å²) in [7, 11) is 0. The van der Waals surface area contributed by atoms with Gasteiger partial charge < -0.3 is 15.4 Å². The van der Waals surface area contributed by atoms with Gasteiger partial charge in [-0.15, -0.1) is 0 Å². The van der Waals surface area contributed by atoms with Crippen LogP contribution in [0.1, 0.15) is 54.9 Å². The first kappa shape index (κ1) is 17.9. The quantitative estimate of drug-likeness (QED) is 0.746. The summed E-state index contributed by atoms with van der Waals surface area (Å²) in [6.07, 6.45) is 0.254. The Labute approximate surface area is 116 Å². The molecule has 0 aliphatic rings. The van der Waals surface area contributed by atoms with E-state index in [0.29, 0.717) is 6.54 Å². The summed E-state index contributed by atoms with van der Waals surface area (Å²) in [4.78, 5) is 23.2. The Morgan fingerprint density at radius 2 is 1.63 bits per heavy atom. The van der Waals surface area contributed by atoms with Crippen molar-refractivity contribution in [2.24, 2.45) is 0 Å². The van der Waals surface area contributed by atoms with Gasteiger partial charge in [-0.1, -0.05) is 0 Å². The Bertz CT molecular complexity index is 314. The zero-order chi connectivity index (χ0) is 15.3. The van der Waals surface area contributed by atoms with E-state index in [9.17, 15) is 9.59 Å². The average Bonchev–Trinajstić information content (AvgIpc) is 2.11. The molecule has 1 atom stereocenters. The SMILES string of the molecule is CC(NCCC(=O)OC(C)(C)C)C(=O)NC(C)(C)C. The standard InChI is InChI=1S/C14H28N2O3/c1-10(12(18)16-13(2,3)4)15-9-8-11(17)19-14(5,6)7/h10,15H,8-9H2,1-7H3,(H,16,18). The smallest absolute Gasteiger partial charge is 0.307 e. The highest BCUT2D eigenvalue weighted by molar-refractivity contribution is 5.82. The van der Waals surface area contributed by atoms with Crippen LogP contribution in [0.15, 0.2) is 0 Å². The van der Waals surface area contributed by atoms with Gasteiger partial charge in [0.05, 0.1) is 12.5 Å². The van der Waals surface area contributed by atoms with Crippen molar-refractivity contribution in [2.45, 2.75) is 72.1 Å². The van der Waals surface area contributed by atoms with Gasteiger partial charge in [-0.05, 0) is 48.5 Å². The summed E-state index contributed by atoms with van der Waals surface area (Å²) < 4.78 is 5.18. The lowest BCUT2D eigenvalue weighted by atomic mass is 10.1. The van der Waals surface area contributed by atoms with Gasteiger partial charge in [0, 0.05) is 12.1 Å². The molecule has 0 aliphatic carbocycles. The molecule has 1 unspecified atom stereocenters. The molecule has 1 amide bonds. The van der Waals surface area contributed by atoms with Crippen LogP contribution in [0.3, 0.4) is 0 Å². The van der Waals surface area contributed by atoms with E-state index in [-0.39, 0.29) is 29.9 Å². The van der Waals surface area contributed by atoms with Crippen molar-refractivity contribution >= 4 is 11.9 Å². The first-order valence-electron chi connectivity index (χ1n) is 6.68. The first-order valence-corrected chi connectivity index (χ1v) is 6.68. The maximum Gasteiger partial charge on any atom is 0.307 e. The van der Waals surface area contributed by atoms with Crippen molar-refractivity contribution in [2.75, 3.05) is 6.54 Å². The molecule has 0 saturated heterocycles. The molecule has 0 saturated carbocycles. The Balaban J connectivity index is 3.95. The van der Waals surface area contributed by atoms with Crippen molar-refractivity contribution in [3.05, 3.63) is 0 Å². The molecule has 0 bridgehead atoms. The molecule has 0 heterocycles. The summed E-state index contributed by atoms with van der Waals surface area (Å²) in [5, 5.41) is 5.89. The van der Waals surface area contributed by atoms with Gasteiger partial charge in [0.25, 0.3) is 0 Å². The molecule has 0 aromatic carbocycles. The van der Waals surface area contributed by atoms with Crippen LogP contribution in [0.4, 0.5) is 0 Å². The zero-order valence-electron chi connectivity index (χ0n) is 13.2. The Hall–Kier alpha value is -1.10. The molecule has 5 heteroatoms. The largest absolute Gasteiger partial charge is 0.460 e. The molecule has 0 fully saturated rings. The van der Waals surface area contributed by atoms with E-state index < -0.39 is 5.60 Å². The van der Waals surface area contributed by atoms with Gasteiger partial charge in [0.15, 0.2) is 0 Å². The van der Waals surface area contributed by atoms with E-state index in [0.717, 1.165) is 0 Å². The molecular weight excluding hydrogens is 244 g/mol. The van der Waals surface area contributed by atoms with Crippen molar-refractivity contribution in [1.82, 2.24) is 10.6 Å². The maximum atomic E-state index is 11.8. The number of hydrogen-bond acceptors (Lipinski definition) is 4. The van der Waals surface area contributed by atoms with Crippen molar-refractivity contribution in [3.8, 4) is 0 Å². The van der Waals surface area contributed by atoms with Gasteiger partial charge in [-0.3, -0.25) is 9.59 Å². The topological polar surface area (TPSA) is 67.4 Å². The lowest BCUT2D eigenvalue weighted by Crippen LogP contribution is -2.49. The van der Waals surface area contributed by atoms with Crippen molar-refractivity contribution < 1.29 is 14.3 Å². The van der Waals surface area contributed by atoms with Gasteiger partial charge in [0.1, 0.15) is 5.60 Å². The van der Waals surface area contributed by atoms with E-state index in [1.165, 1.54) is 0 Å².